The van der Waals surface area contributed by atoms with Crippen molar-refractivity contribution < 1.29 is 14.0 Å². The van der Waals surface area contributed by atoms with E-state index < -0.39 is 0 Å². The molecule has 1 saturated heterocycles. The first-order valence-corrected chi connectivity index (χ1v) is 8.48. The second-order valence-electron chi connectivity index (χ2n) is 6.33. The molecule has 5 heteroatoms. The third-order valence-electron chi connectivity index (χ3n) is 4.37. The molecule has 1 aromatic heterocycles. The Hall–Kier alpha value is -2.82. The number of piperidine rings is 1. The van der Waals surface area contributed by atoms with Gasteiger partial charge < -0.3 is 14.6 Å². The van der Waals surface area contributed by atoms with E-state index in [1.807, 2.05) is 37.3 Å². The van der Waals surface area contributed by atoms with Crippen molar-refractivity contribution in [2.45, 2.75) is 25.8 Å². The number of nitrogens with zero attached hydrogens (tertiary/aromatic N) is 1. The van der Waals surface area contributed by atoms with Gasteiger partial charge in [0.25, 0.3) is 5.91 Å². The lowest BCUT2D eigenvalue weighted by molar-refractivity contribution is -0.117. The van der Waals surface area contributed by atoms with Gasteiger partial charge in [0, 0.05) is 25.2 Å². The van der Waals surface area contributed by atoms with Crippen molar-refractivity contribution in [3.8, 4) is 0 Å². The molecule has 3 rings (SSSR count). The summed E-state index contributed by atoms with van der Waals surface area (Å²) in [6, 6.07) is 9.77. The fraction of sp³-hybridized carbons (Fsp3) is 0.300. The second kappa shape index (κ2) is 7.83. The standard InChI is InChI=1S/C20H22N2O3/c1-15-3-2-4-16(13-15)5-6-19(23)21-18-7-10-22(11-8-18)20(24)17-9-12-25-14-17/h2-6,9,12-14,18H,7-8,10-11H2,1H3,(H,21,23). The number of aryl methyl sites for hydroxylation is 1. The fourth-order valence-corrected chi connectivity index (χ4v) is 2.99. The zero-order valence-electron chi connectivity index (χ0n) is 14.3. The molecular formula is C20H22N2O3. The highest BCUT2D eigenvalue weighted by Gasteiger charge is 2.24. The van der Waals surface area contributed by atoms with Crippen molar-refractivity contribution in [2.75, 3.05) is 13.1 Å². The maximum atomic E-state index is 12.2. The molecular weight excluding hydrogens is 316 g/mol. The lowest BCUT2D eigenvalue weighted by atomic mass is 10.0. The summed E-state index contributed by atoms with van der Waals surface area (Å²) in [6.45, 7) is 3.29. The van der Waals surface area contributed by atoms with Crippen LogP contribution < -0.4 is 5.32 Å². The molecule has 130 valence electrons. The summed E-state index contributed by atoms with van der Waals surface area (Å²) in [5.74, 6) is -0.112. The lowest BCUT2D eigenvalue weighted by Crippen LogP contribution is -2.46. The Kier molecular flexibility index (Phi) is 5.33. The molecule has 1 fully saturated rings. The quantitative estimate of drug-likeness (QED) is 0.872. The zero-order chi connectivity index (χ0) is 17.6. The molecule has 0 radical (unpaired) electrons. The summed E-state index contributed by atoms with van der Waals surface area (Å²) in [5, 5.41) is 3.02. The molecule has 0 atom stereocenters. The molecule has 1 N–H and O–H groups in total. The molecule has 25 heavy (non-hydrogen) atoms. The van der Waals surface area contributed by atoms with Crippen molar-refractivity contribution in [3.05, 3.63) is 65.6 Å². The molecule has 5 nitrogen and oxygen atoms in total. The minimum absolute atomic E-state index is 0.0159. The monoisotopic (exact) mass is 338 g/mol. The molecule has 0 aliphatic carbocycles. The van der Waals surface area contributed by atoms with Gasteiger partial charge in [0.1, 0.15) is 6.26 Å². The average Bonchev–Trinajstić information content (AvgIpc) is 3.15. The Morgan fingerprint density at radius 3 is 2.72 bits per heavy atom. The maximum absolute atomic E-state index is 12.2. The molecule has 1 aromatic carbocycles. The van der Waals surface area contributed by atoms with Crippen LogP contribution in [0.25, 0.3) is 6.08 Å². The van der Waals surface area contributed by atoms with Gasteiger partial charge in [0.2, 0.25) is 5.91 Å². The number of hydrogen-bond acceptors (Lipinski definition) is 3. The van der Waals surface area contributed by atoms with E-state index in [1.165, 1.54) is 12.5 Å². The Balaban J connectivity index is 1.47. The molecule has 2 heterocycles. The van der Waals surface area contributed by atoms with Gasteiger partial charge in [-0.1, -0.05) is 29.8 Å². The second-order valence-corrected chi connectivity index (χ2v) is 6.33. The Morgan fingerprint density at radius 2 is 2.04 bits per heavy atom. The van der Waals surface area contributed by atoms with Crippen LogP contribution in [0.5, 0.6) is 0 Å². The molecule has 1 aliphatic rings. The molecule has 0 bridgehead atoms. The van der Waals surface area contributed by atoms with Crippen molar-refractivity contribution in [3.63, 3.8) is 0 Å². The predicted molar refractivity (Wildman–Crippen MR) is 96.0 cm³/mol. The van der Waals surface area contributed by atoms with E-state index in [9.17, 15) is 9.59 Å². The van der Waals surface area contributed by atoms with Gasteiger partial charge in [-0.05, 0) is 37.5 Å². The number of rotatable bonds is 4. The van der Waals surface area contributed by atoms with Gasteiger partial charge in [0.05, 0.1) is 11.8 Å². The third kappa shape index (κ3) is 4.59. The highest BCUT2D eigenvalue weighted by atomic mass is 16.3. The summed E-state index contributed by atoms with van der Waals surface area (Å²) >= 11 is 0. The van der Waals surface area contributed by atoms with Crippen LogP contribution in [0.2, 0.25) is 0 Å². The molecule has 0 unspecified atom stereocenters. The van der Waals surface area contributed by atoms with Gasteiger partial charge in [-0.3, -0.25) is 9.59 Å². The summed E-state index contributed by atoms with van der Waals surface area (Å²) in [6.07, 6.45) is 7.87. The minimum Gasteiger partial charge on any atom is -0.472 e. The van der Waals surface area contributed by atoms with E-state index in [0.29, 0.717) is 18.7 Å². The first-order valence-electron chi connectivity index (χ1n) is 8.48. The zero-order valence-corrected chi connectivity index (χ0v) is 14.3. The Morgan fingerprint density at radius 1 is 1.24 bits per heavy atom. The van der Waals surface area contributed by atoms with Crippen LogP contribution in [0, 0.1) is 6.92 Å². The number of hydrogen-bond donors (Lipinski definition) is 1. The Labute approximate surface area is 147 Å². The Bertz CT molecular complexity index is 757. The summed E-state index contributed by atoms with van der Waals surface area (Å²) in [5.41, 5.74) is 2.75. The number of nitrogens with one attached hydrogen (secondary N) is 1. The van der Waals surface area contributed by atoms with Crippen LogP contribution in [0.15, 0.2) is 53.4 Å². The van der Waals surface area contributed by atoms with Crippen LogP contribution in [-0.2, 0) is 4.79 Å². The number of carbonyl (C=O) groups is 2. The van der Waals surface area contributed by atoms with Crippen molar-refractivity contribution in [1.29, 1.82) is 0 Å². The van der Waals surface area contributed by atoms with Crippen LogP contribution >= 0.6 is 0 Å². The number of furan rings is 1. The van der Waals surface area contributed by atoms with E-state index in [0.717, 1.165) is 24.0 Å². The summed E-state index contributed by atoms with van der Waals surface area (Å²) in [7, 11) is 0. The third-order valence-corrected chi connectivity index (χ3v) is 4.37. The molecule has 1 aliphatic heterocycles. The first kappa shape index (κ1) is 17.0. The van der Waals surface area contributed by atoms with Gasteiger partial charge in [-0.15, -0.1) is 0 Å². The molecule has 0 saturated carbocycles. The highest BCUT2D eigenvalue weighted by molar-refractivity contribution is 5.94. The van der Waals surface area contributed by atoms with Crippen LogP contribution in [-0.4, -0.2) is 35.8 Å². The number of carbonyl (C=O) groups excluding carboxylic acids is 2. The SMILES string of the molecule is Cc1cccc(C=CC(=O)NC2CCN(C(=O)c3ccoc3)CC2)c1. The first-order chi connectivity index (χ1) is 12.1. The predicted octanol–water partition coefficient (Wildman–Crippen LogP) is 3.02. The average molecular weight is 338 g/mol. The van der Waals surface area contributed by atoms with E-state index in [2.05, 4.69) is 5.32 Å². The maximum Gasteiger partial charge on any atom is 0.257 e. The van der Waals surface area contributed by atoms with E-state index in [-0.39, 0.29) is 17.9 Å². The number of amides is 2. The lowest BCUT2D eigenvalue weighted by Gasteiger charge is -2.32. The largest absolute Gasteiger partial charge is 0.472 e. The van der Waals surface area contributed by atoms with Crippen molar-refractivity contribution in [2.24, 2.45) is 0 Å². The molecule has 0 spiro atoms. The summed E-state index contributed by atoms with van der Waals surface area (Å²) in [4.78, 5) is 26.1. The normalized spacial score (nSPS) is 15.5. The minimum atomic E-state index is -0.0962. The highest BCUT2D eigenvalue weighted by Crippen LogP contribution is 2.14. The fourth-order valence-electron chi connectivity index (χ4n) is 2.99. The topological polar surface area (TPSA) is 62.6 Å². The van der Waals surface area contributed by atoms with Crippen LogP contribution in [0.1, 0.15) is 34.3 Å². The van der Waals surface area contributed by atoms with Crippen LogP contribution in [0.3, 0.4) is 0 Å². The van der Waals surface area contributed by atoms with E-state index in [4.69, 9.17) is 4.42 Å². The van der Waals surface area contributed by atoms with Gasteiger partial charge >= 0.3 is 0 Å². The van der Waals surface area contributed by atoms with Crippen LogP contribution in [0.4, 0.5) is 0 Å². The van der Waals surface area contributed by atoms with Gasteiger partial charge in [-0.2, -0.15) is 0 Å². The summed E-state index contributed by atoms with van der Waals surface area (Å²) < 4.78 is 4.96. The molecule has 2 aromatic rings. The van der Waals surface area contributed by atoms with Gasteiger partial charge in [0.15, 0.2) is 0 Å². The van der Waals surface area contributed by atoms with Crippen molar-refractivity contribution >= 4 is 17.9 Å². The number of benzene rings is 1. The smallest absolute Gasteiger partial charge is 0.257 e. The van der Waals surface area contributed by atoms with E-state index in [1.54, 1.807) is 17.0 Å². The van der Waals surface area contributed by atoms with Gasteiger partial charge in [-0.25, -0.2) is 0 Å². The van der Waals surface area contributed by atoms with E-state index >= 15 is 0 Å². The molecule has 2 amide bonds. The number of likely N-dealkylation sites (tertiary alicyclic amines) is 1. The van der Waals surface area contributed by atoms with Crippen molar-refractivity contribution in [1.82, 2.24) is 10.2 Å².